The van der Waals surface area contributed by atoms with Crippen LogP contribution in [-0.2, 0) is 22.6 Å². The zero-order valence-corrected chi connectivity index (χ0v) is 16.8. The summed E-state index contributed by atoms with van der Waals surface area (Å²) in [4.78, 5) is 26.5. The molecule has 0 saturated carbocycles. The molecule has 2 aromatic heterocycles. The van der Waals surface area contributed by atoms with Crippen molar-refractivity contribution in [3.05, 3.63) is 71.6 Å². The number of carbonyl (C=O) groups is 2. The van der Waals surface area contributed by atoms with Gasteiger partial charge in [-0.15, -0.1) is 0 Å². The van der Waals surface area contributed by atoms with E-state index < -0.39 is 11.9 Å². The third-order valence-corrected chi connectivity index (χ3v) is 4.15. The van der Waals surface area contributed by atoms with Crippen LogP contribution in [0.25, 0.3) is 11.0 Å². The summed E-state index contributed by atoms with van der Waals surface area (Å²) in [6.07, 6.45) is 5.54. The van der Waals surface area contributed by atoms with Gasteiger partial charge in [0.2, 0.25) is 0 Å². The standard InChI is InChI=1S/C18H18N4O.C4H4O4/c1-23-16-4-2-3-13(7-16)10-20-6-5-15-12-22-18-17(15)8-14(9-19)11-21-18;5-3(6)1-2-4(7)8/h2-4,7-8,11-12,20H,5-6,10H2,1H3,(H,21,22);1-2H,(H,5,6)(H,7,8)/b;2-1+. The van der Waals surface area contributed by atoms with Gasteiger partial charge in [-0.2, -0.15) is 5.26 Å². The first-order valence-corrected chi connectivity index (χ1v) is 9.26. The van der Waals surface area contributed by atoms with E-state index in [9.17, 15) is 9.59 Å². The number of pyridine rings is 1. The van der Waals surface area contributed by atoms with E-state index in [-0.39, 0.29) is 0 Å². The predicted octanol–water partition coefficient (Wildman–Crippen LogP) is 2.49. The highest BCUT2D eigenvalue weighted by molar-refractivity contribution is 5.89. The number of nitrogens with one attached hydrogen (secondary N) is 2. The van der Waals surface area contributed by atoms with Crippen LogP contribution in [0.5, 0.6) is 5.75 Å². The van der Waals surface area contributed by atoms with Gasteiger partial charge in [-0.05, 0) is 42.3 Å². The van der Waals surface area contributed by atoms with E-state index in [1.807, 2.05) is 30.5 Å². The molecule has 3 aromatic rings. The summed E-state index contributed by atoms with van der Waals surface area (Å²) in [7, 11) is 1.67. The Kier molecular flexibility index (Phi) is 8.76. The van der Waals surface area contributed by atoms with Crippen molar-refractivity contribution < 1.29 is 24.5 Å². The minimum atomic E-state index is -1.26. The summed E-state index contributed by atoms with van der Waals surface area (Å²) >= 11 is 0. The fraction of sp³-hybridized carbons (Fsp3) is 0.182. The van der Waals surface area contributed by atoms with Crippen molar-refractivity contribution in [2.75, 3.05) is 13.7 Å². The summed E-state index contributed by atoms with van der Waals surface area (Å²) in [6.45, 7) is 1.64. The number of hydrogen-bond donors (Lipinski definition) is 4. The van der Waals surface area contributed by atoms with Gasteiger partial charge in [-0.25, -0.2) is 14.6 Å². The van der Waals surface area contributed by atoms with Gasteiger partial charge in [0.1, 0.15) is 17.5 Å². The molecule has 0 unspecified atom stereocenters. The molecule has 9 heteroatoms. The highest BCUT2D eigenvalue weighted by Gasteiger charge is 2.06. The number of aromatic nitrogens is 2. The van der Waals surface area contributed by atoms with Crippen LogP contribution in [-0.4, -0.2) is 45.8 Å². The summed E-state index contributed by atoms with van der Waals surface area (Å²) in [5.41, 5.74) is 3.77. The minimum Gasteiger partial charge on any atom is -0.497 e. The van der Waals surface area contributed by atoms with Crippen molar-refractivity contribution >= 4 is 23.0 Å². The second-order valence-electron chi connectivity index (χ2n) is 6.33. The second kappa shape index (κ2) is 11.7. The topological polar surface area (TPSA) is 148 Å². The molecular weight excluding hydrogens is 400 g/mol. The summed E-state index contributed by atoms with van der Waals surface area (Å²) in [6, 6.07) is 12.1. The molecule has 0 amide bonds. The van der Waals surface area contributed by atoms with Crippen molar-refractivity contribution in [1.29, 1.82) is 5.26 Å². The van der Waals surface area contributed by atoms with Crippen LogP contribution in [0.1, 0.15) is 16.7 Å². The number of hydrogen-bond acceptors (Lipinski definition) is 6. The molecule has 9 nitrogen and oxygen atoms in total. The largest absolute Gasteiger partial charge is 0.497 e. The Hall–Kier alpha value is -4.16. The number of fused-ring (bicyclic) bond motifs is 1. The van der Waals surface area contributed by atoms with E-state index in [1.54, 1.807) is 13.3 Å². The van der Waals surface area contributed by atoms with Gasteiger partial charge >= 0.3 is 11.9 Å². The first-order chi connectivity index (χ1) is 14.9. The lowest BCUT2D eigenvalue weighted by atomic mass is 10.1. The van der Waals surface area contributed by atoms with Crippen LogP contribution in [0.15, 0.2) is 54.9 Å². The molecule has 0 spiro atoms. The first-order valence-electron chi connectivity index (χ1n) is 9.26. The Labute approximate surface area is 178 Å². The molecule has 0 aliphatic heterocycles. The fourth-order valence-corrected chi connectivity index (χ4v) is 2.71. The number of benzene rings is 1. The Morgan fingerprint density at radius 2 is 2.00 bits per heavy atom. The van der Waals surface area contributed by atoms with Crippen LogP contribution < -0.4 is 10.1 Å². The number of nitrogens with zero attached hydrogens (tertiary/aromatic N) is 2. The van der Waals surface area contributed by atoms with Crippen LogP contribution >= 0.6 is 0 Å². The number of nitriles is 1. The molecule has 2 heterocycles. The molecule has 160 valence electrons. The van der Waals surface area contributed by atoms with Gasteiger partial charge in [0, 0.05) is 36.5 Å². The molecule has 0 aliphatic carbocycles. The minimum absolute atomic E-state index is 0.558. The maximum absolute atomic E-state index is 9.55. The normalized spacial score (nSPS) is 10.3. The number of ether oxygens (including phenoxy) is 1. The summed E-state index contributed by atoms with van der Waals surface area (Å²) < 4.78 is 5.22. The number of carboxylic acids is 2. The Morgan fingerprint density at radius 1 is 1.26 bits per heavy atom. The van der Waals surface area contributed by atoms with Gasteiger partial charge in [0.15, 0.2) is 0 Å². The van der Waals surface area contributed by atoms with E-state index in [0.29, 0.717) is 17.7 Å². The van der Waals surface area contributed by atoms with Crippen LogP contribution in [0.4, 0.5) is 0 Å². The third-order valence-electron chi connectivity index (χ3n) is 4.15. The molecule has 0 fully saturated rings. The monoisotopic (exact) mass is 422 g/mol. The fourth-order valence-electron chi connectivity index (χ4n) is 2.71. The third kappa shape index (κ3) is 7.64. The molecule has 31 heavy (non-hydrogen) atoms. The number of rotatable bonds is 8. The van der Waals surface area contributed by atoms with E-state index in [4.69, 9.17) is 20.2 Å². The van der Waals surface area contributed by atoms with Crippen LogP contribution in [0, 0.1) is 11.3 Å². The summed E-state index contributed by atoms with van der Waals surface area (Å²) in [5, 5.41) is 29.1. The predicted molar refractivity (Wildman–Crippen MR) is 114 cm³/mol. The van der Waals surface area contributed by atoms with E-state index >= 15 is 0 Å². The maximum Gasteiger partial charge on any atom is 0.328 e. The second-order valence-corrected chi connectivity index (χ2v) is 6.33. The van der Waals surface area contributed by atoms with Gasteiger partial charge in [0.05, 0.1) is 12.7 Å². The first kappa shape index (κ1) is 23.1. The smallest absolute Gasteiger partial charge is 0.328 e. The molecule has 0 aliphatic rings. The molecule has 0 radical (unpaired) electrons. The SMILES string of the molecule is COc1cccc(CNCCc2c[nH]c3ncc(C#N)cc23)c1.O=C(O)/C=C/C(=O)O. The van der Waals surface area contributed by atoms with E-state index in [0.717, 1.165) is 36.3 Å². The van der Waals surface area contributed by atoms with Gasteiger partial charge in [-0.3, -0.25) is 0 Å². The lowest BCUT2D eigenvalue weighted by Gasteiger charge is -2.06. The quantitative estimate of drug-likeness (QED) is 0.320. The van der Waals surface area contributed by atoms with Crippen molar-refractivity contribution in [3.63, 3.8) is 0 Å². The zero-order chi connectivity index (χ0) is 22.6. The molecule has 0 bridgehead atoms. The number of H-pyrrole nitrogens is 1. The number of carboxylic acid groups (broad SMARTS) is 2. The lowest BCUT2D eigenvalue weighted by Crippen LogP contribution is -2.16. The van der Waals surface area contributed by atoms with E-state index in [1.165, 1.54) is 11.1 Å². The molecule has 4 N–H and O–H groups in total. The highest BCUT2D eigenvalue weighted by Crippen LogP contribution is 2.18. The average Bonchev–Trinajstić information content (AvgIpc) is 3.18. The molecule has 1 aromatic carbocycles. The van der Waals surface area contributed by atoms with Crippen molar-refractivity contribution in [1.82, 2.24) is 15.3 Å². The van der Waals surface area contributed by atoms with E-state index in [2.05, 4.69) is 27.4 Å². The highest BCUT2D eigenvalue weighted by atomic mass is 16.5. The van der Waals surface area contributed by atoms with Crippen LogP contribution in [0.3, 0.4) is 0 Å². The average molecular weight is 422 g/mol. The Balaban J connectivity index is 0.000000366. The van der Waals surface area contributed by atoms with Crippen LogP contribution in [0.2, 0.25) is 0 Å². The molecule has 0 atom stereocenters. The van der Waals surface area contributed by atoms with Gasteiger partial charge < -0.3 is 25.3 Å². The lowest BCUT2D eigenvalue weighted by molar-refractivity contribution is -0.134. The van der Waals surface area contributed by atoms with Crippen molar-refractivity contribution in [2.24, 2.45) is 0 Å². The number of aromatic amines is 1. The van der Waals surface area contributed by atoms with Gasteiger partial charge in [-0.1, -0.05) is 12.1 Å². The molecular formula is C22H22N4O5. The van der Waals surface area contributed by atoms with Crippen molar-refractivity contribution in [2.45, 2.75) is 13.0 Å². The molecule has 3 rings (SSSR count). The maximum atomic E-state index is 9.55. The zero-order valence-electron chi connectivity index (χ0n) is 16.8. The number of methoxy groups -OCH3 is 1. The molecule has 0 saturated heterocycles. The summed E-state index contributed by atoms with van der Waals surface area (Å²) in [5.74, 6) is -1.64. The Bertz CT molecular complexity index is 1100. The van der Waals surface area contributed by atoms with Crippen molar-refractivity contribution in [3.8, 4) is 11.8 Å². The Morgan fingerprint density at radius 3 is 2.65 bits per heavy atom. The van der Waals surface area contributed by atoms with Gasteiger partial charge in [0.25, 0.3) is 0 Å². The number of aliphatic carboxylic acids is 2.